The number of sulfonamides is 1. The van der Waals surface area contributed by atoms with Gasteiger partial charge in [-0.2, -0.15) is 4.31 Å². The molecule has 1 aromatic rings. The number of hydrogen-bond acceptors (Lipinski definition) is 4. The molecule has 1 atom stereocenters. The molecule has 2 rings (SSSR count). The molecular formula is C15H23NO4S2. The molecule has 7 heteroatoms. The van der Waals surface area contributed by atoms with Crippen LogP contribution in [0.3, 0.4) is 0 Å². The average Bonchev–Trinajstić information content (AvgIpc) is 2.84. The summed E-state index contributed by atoms with van der Waals surface area (Å²) < 4.78 is 50.4. The standard InChI is InChI=1S/C15H23NO4S2/c1-3-10-16(14-9-11-21(17,18)12-14)22(19,20)15-7-5-13(4-2)6-8-15/h5-8,14H,3-4,9-12H2,1-2H3/t14-/m1/s1. The lowest BCUT2D eigenvalue weighted by Crippen LogP contribution is -2.41. The first-order chi connectivity index (χ1) is 10.3. The van der Waals surface area contributed by atoms with Crippen LogP contribution < -0.4 is 0 Å². The Balaban J connectivity index is 2.33. The number of rotatable bonds is 6. The van der Waals surface area contributed by atoms with Crippen LogP contribution in [0, 0.1) is 0 Å². The molecule has 0 bridgehead atoms. The molecule has 0 aromatic heterocycles. The molecule has 0 unspecified atom stereocenters. The Hall–Kier alpha value is -0.920. The van der Waals surface area contributed by atoms with E-state index in [9.17, 15) is 16.8 Å². The molecule has 0 N–H and O–H groups in total. The number of benzene rings is 1. The predicted octanol–water partition coefficient (Wildman–Crippen LogP) is 1.84. The third-order valence-electron chi connectivity index (χ3n) is 4.00. The van der Waals surface area contributed by atoms with E-state index in [1.165, 1.54) is 4.31 Å². The van der Waals surface area contributed by atoms with Gasteiger partial charge >= 0.3 is 0 Å². The Kier molecular flexibility index (Phi) is 5.29. The predicted molar refractivity (Wildman–Crippen MR) is 87.1 cm³/mol. The minimum absolute atomic E-state index is 0.0702. The fraction of sp³-hybridized carbons (Fsp3) is 0.600. The van der Waals surface area contributed by atoms with Gasteiger partial charge in [-0.3, -0.25) is 0 Å². The second-order valence-corrected chi connectivity index (χ2v) is 9.79. The molecule has 1 saturated heterocycles. The van der Waals surface area contributed by atoms with Crippen LogP contribution in [0.15, 0.2) is 29.2 Å². The summed E-state index contributed by atoms with van der Waals surface area (Å²) in [7, 11) is -6.77. The summed E-state index contributed by atoms with van der Waals surface area (Å²) in [6.45, 7) is 4.25. The van der Waals surface area contributed by atoms with E-state index in [2.05, 4.69) is 0 Å². The summed E-state index contributed by atoms with van der Waals surface area (Å²) in [5.41, 5.74) is 1.07. The largest absolute Gasteiger partial charge is 0.243 e. The van der Waals surface area contributed by atoms with E-state index in [1.54, 1.807) is 12.1 Å². The number of nitrogens with zero attached hydrogens (tertiary/aromatic N) is 1. The van der Waals surface area contributed by atoms with E-state index in [4.69, 9.17) is 0 Å². The van der Waals surface area contributed by atoms with E-state index in [0.717, 1.165) is 12.0 Å². The first kappa shape index (κ1) is 17.4. The Morgan fingerprint density at radius 1 is 1.18 bits per heavy atom. The van der Waals surface area contributed by atoms with Crippen molar-refractivity contribution in [3.8, 4) is 0 Å². The molecule has 5 nitrogen and oxygen atoms in total. The molecule has 0 amide bonds. The maximum atomic E-state index is 12.9. The molecule has 1 aliphatic rings. The van der Waals surface area contributed by atoms with Gasteiger partial charge in [0, 0.05) is 12.6 Å². The Bertz CT molecular complexity index is 708. The Morgan fingerprint density at radius 3 is 2.27 bits per heavy atom. The van der Waals surface area contributed by atoms with E-state index in [0.29, 0.717) is 19.4 Å². The first-order valence-corrected chi connectivity index (χ1v) is 10.9. The van der Waals surface area contributed by atoms with Gasteiger partial charge in [0.1, 0.15) is 0 Å². The van der Waals surface area contributed by atoms with Crippen LogP contribution in [-0.4, -0.2) is 45.2 Å². The van der Waals surface area contributed by atoms with Crippen molar-refractivity contribution >= 4 is 19.9 Å². The fourth-order valence-corrected chi connectivity index (χ4v) is 6.33. The van der Waals surface area contributed by atoms with Crippen LogP contribution in [0.4, 0.5) is 0 Å². The summed E-state index contributed by atoms with van der Waals surface area (Å²) in [4.78, 5) is 0.238. The molecule has 22 heavy (non-hydrogen) atoms. The molecule has 0 aliphatic carbocycles. The molecule has 0 radical (unpaired) electrons. The third kappa shape index (κ3) is 3.70. The highest BCUT2D eigenvalue weighted by Crippen LogP contribution is 2.25. The molecule has 1 heterocycles. The summed E-state index contributed by atoms with van der Waals surface area (Å²) in [5, 5.41) is 0. The van der Waals surface area contributed by atoms with Crippen LogP contribution in [0.25, 0.3) is 0 Å². The van der Waals surface area contributed by atoms with Crippen LogP contribution in [0.5, 0.6) is 0 Å². The van der Waals surface area contributed by atoms with Crippen molar-refractivity contribution in [2.45, 2.75) is 44.0 Å². The summed E-state index contributed by atoms with van der Waals surface area (Å²) in [6, 6.07) is 6.39. The lowest BCUT2D eigenvalue weighted by molar-refractivity contribution is 0.340. The summed E-state index contributed by atoms with van der Waals surface area (Å²) >= 11 is 0. The molecule has 0 spiro atoms. The van der Waals surface area contributed by atoms with E-state index in [1.807, 2.05) is 26.0 Å². The highest BCUT2D eigenvalue weighted by atomic mass is 32.2. The van der Waals surface area contributed by atoms with Gasteiger partial charge in [-0.15, -0.1) is 0 Å². The minimum Gasteiger partial charge on any atom is -0.229 e. The lowest BCUT2D eigenvalue weighted by atomic mass is 10.2. The zero-order chi connectivity index (χ0) is 16.4. The van der Waals surface area contributed by atoms with Gasteiger partial charge in [-0.05, 0) is 37.0 Å². The third-order valence-corrected chi connectivity index (χ3v) is 7.71. The van der Waals surface area contributed by atoms with Gasteiger partial charge in [0.2, 0.25) is 10.0 Å². The van der Waals surface area contributed by atoms with Crippen molar-refractivity contribution in [3.05, 3.63) is 29.8 Å². The Labute approximate surface area is 133 Å². The number of hydrogen-bond donors (Lipinski definition) is 0. The smallest absolute Gasteiger partial charge is 0.229 e. The molecule has 0 saturated carbocycles. The van der Waals surface area contributed by atoms with Crippen molar-refractivity contribution in [2.75, 3.05) is 18.1 Å². The van der Waals surface area contributed by atoms with Gasteiger partial charge < -0.3 is 0 Å². The van der Waals surface area contributed by atoms with Crippen LogP contribution in [0.2, 0.25) is 0 Å². The highest BCUT2D eigenvalue weighted by Gasteiger charge is 2.38. The molecule has 1 fully saturated rings. The minimum atomic E-state index is -3.65. The van der Waals surface area contributed by atoms with Gasteiger partial charge in [-0.25, -0.2) is 16.8 Å². The molecular weight excluding hydrogens is 322 g/mol. The van der Waals surface area contributed by atoms with Crippen LogP contribution in [-0.2, 0) is 26.3 Å². The van der Waals surface area contributed by atoms with Crippen molar-refractivity contribution in [2.24, 2.45) is 0 Å². The normalized spacial score (nSPS) is 21.3. The Morgan fingerprint density at radius 2 is 1.82 bits per heavy atom. The zero-order valence-corrected chi connectivity index (χ0v) is 14.7. The number of aryl methyl sites for hydroxylation is 1. The van der Waals surface area contributed by atoms with Crippen LogP contribution >= 0.6 is 0 Å². The van der Waals surface area contributed by atoms with E-state index in [-0.39, 0.29) is 16.4 Å². The fourth-order valence-electron chi connectivity index (χ4n) is 2.75. The van der Waals surface area contributed by atoms with E-state index < -0.39 is 25.9 Å². The highest BCUT2D eigenvalue weighted by molar-refractivity contribution is 7.92. The molecule has 124 valence electrons. The first-order valence-electron chi connectivity index (χ1n) is 7.61. The van der Waals surface area contributed by atoms with Crippen LogP contribution in [0.1, 0.15) is 32.3 Å². The monoisotopic (exact) mass is 345 g/mol. The van der Waals surface area contributed by atoms with Crippen molar-refractivity contribution in [1.29, 1.82) is 0 Å². The van der Waals surface area contributed by atoms with Gasteiger partial charge in [-0.1, -0.05) is 26.0 Å². The quantitative estimate of drug-likeness (QED) is 0.789. The summed E-state index contributed by atoms with van der Waals surface area (Å²) in [5.74, 6) is 0.00144. The SMILES string of the molecule is CCCN([C@@H]1CCS(=O)(=O)C1)S(=O)(=O)c1ccc(CC)cc1. The van der Waals surface area contributed by atoms with E-state index >= 15 is 0 Å². The van der Waals surface area contributed by atoms with Crippen molar-refractivity contribution < 1.29 is 16.8 Å². The summed E-state index contributed by atoms with van der Waals surface area (Å²) in [6.07, 6.45) is 1.89. The average molecular weight is 345 g/mol. The van der Waals surface area contributed by atoms with Gasteiger partial charge in [0.25, 0.3) is 0 Å². The van der Waals surface area contributed by atoms with Crippen molar-refractivity contribution in [1.82, 2.24) is 4.31 Å². The van der Waals surface area contributed by atoms with Gasteiger partial charge in [0.05, 0.1) is 16.4 Å². The topological polar surface area (TPSA) is 71.5 Å². The van der Waals surface area contributed by atoms with Crippen molar-refractivity contribution in [3.63, 3.8) is 0 Å². The number of sulfone groups is 1. The lowest BCUT2D eigenvalue weighted by Gasteiger charge is -2.27. The zero-order valence-electron chi connectivity index (χ0n) is 13.0. The second kappa shape index (κ2) is 6.68. The van der Waals surface area contributed by atoms with Gasteiger partial charge in [0.15, 0.2) is 9.84 Å². The second-order valence-electron chi connectivity index (χ2n) is 5.67. The maximum absolute atomic E-state index is 12.9. The molecule has 1 aromatic carbocycles. The molecule has 1 aliphatic heterocycles. The maximum Gasteiger partial charge on any atom is 0.243 e.